The first kappa shape index (κ1) is 29.5. The highest BCUT2D eigenvalue weighted by Gasteiger charge is 2.32. The van der Waals surface area contributed by atoms with E-state index in [1.165, 1.54) is 5.56 Å². The van der Waals surface area contributed by atoms with Crippen LogP contribution in [0.2, 0.25) is 0 Å². The minimum atomic E-state index is -0.220. The first-order valence-corrected chi connectivity index (χ1v) is 15.2. The molecule has 5 rings (SSSR count). The standard InChI is InChI=1S/C33H46N4O4/c1-22-17-23(2)35-33(39)30(22)20-34-32(38)29-18-27(19-31(24(29)3)36(4)28-9-13-40-14-10-28)26-7-5-25(6-8-26)21-37-11-15-41-16-12-37/h5-8,18-19,22-23,28,30H,9-17,20-21H2,1-4H3,(H,34,38)(H,35,39). The topological polar surface area (TPSA) is 83.1 Å². The highest BCUT2D eigenvalue weighted by Crippen LogP contribution is 2.33. The molecule has 2 aromatic rings. The van der Waals surface area contributed by atoms with Crippen molar-refractivity contribution in [1.82, 2.24) is 15.5 Å². The van der Waals surface area contributed by atoms with Crippen molar-refractivity contribution in [3.05, 3.63) is 53.1 Å². The number of amides is 2. The van der Waals surface area contributed by atoms with Gasteiger partial charge in [0, 0.05) is 69.8 Å². The maximum atomic E-state index is 13.7. The molecule has 8 nitrogen and oxygen atoms in total. The van der Waals surface area contributed by atoms with Crippen LogP contribution < -0.4 is 15.5 Å². The Morgan fingerprint density at radius 2 is 1.71 bits per heavy atom. The number of morpholine rings is 1. The third-order valence-corrected chi connectivity index (χ3v) is 9.16. The monoisotopic (exact) mass is 562 g/mol. The molecule has 2 N–H and O–H groups in total. The van der Waals surface area contributed by atoms with E-state index >= 15 is 0 Å². The summed E-state index contributed by atoms with van der Waals surface area (Å²) in [6, 6.07) is 13.5. The minimum Gasteiger partial charge on any atom is -0.381 e. The van der Waals surface area contributed by atoms with Crippen molar-refractivity contribution in [1.29, 1.82) is 0 Å². The molecule has 3 atom stereocenters. The summed E-state index contributed by atoms with van der Waals surface area (Å²) in [6.07, 6.45) is 2.85. The molecule has 3 aliphatic rings. The number of hydrogen-bond donors (Lipinski definition) is 2. The SMILES string of the molecule is Cc1c(C(=O)NCC2C(=O)NC(C)CC2C)cc(-c2ccc(CN3CCOCC3)cc2)cc1N(C)C1CCOCC1. The molecule has 0 spiro atoms. The molecule has 0 bridgehead atoms. The Hall–Kier alpha value is -2.94. The number of ether oxygens (including phenoxy) is 2. The number of carbonyl (C=O) groups excluding carboxylic acids is 2. The first-order valence-electron chi connectivity index (χ1n) is 15.2. The highest BCUT2D eigenvalue weighted by atomic mass is 16.5. The molecule has 2 aromatic carbocycles. The third kappa shape index (κ3) is 7.11. The van der Waals surface area contributed by atoms with Crippen LogP contribution in [0.3, 0.4) is 0 Å². The third-order valence-electron chi connectivity index (χ3n) is 9.16. The average Bonchev–Trinajstić information content (AvgIpc) is 2.97. The number of benzene rings is 2. The fraction of sp³-hybridized carbons (Fsp3) is 0.576. The second kappa shape index (κ2) is 13.4. The molecular weight excluding hydrogens is 516 g/mol. The number of anilines is 1. The summed E-state index contributed by atoms with van der Waals surface area (Å²) in [6.45, 7) is 12.4. The zero-order valence-corrected chi connectivity index (χ0v) is 25.1. The van der Waals surface area contributed by atoms with Gasteiger partial charge in [0.1, 0.15) is 0 Å². The van der Waals surface area contributed by atoms with E-state index in [9.17, 15) is 9.59 Å². The van der Waals surface area contributed by atoms with Gasteiger partial charge in [-0.25, -0.2) is 0 Å². The van der Waals surface area contributed by atoms with Gasteiger partial charge in [0.05, 0.1) is 19.1 Å². The molecule has 3 fully saturated rings. The number of nitrogens with zero attached hydrogens (tertiary/aromatic N) is 2. The van der Waals surface area contributed by atoms with Crippen molar-refractivity contribution < 1.29 is 19.1 Å². The van der Waals surface area contributed by atoms with Crippen LogP contribution in [0.4, 0.5) is 5.69 Å². The van der Waals surface area contributed by atoms with Crippen molar-refractivity contribution >= 4 is 17.5 Å². The van der Waals surface area contributed by atoms with Crippen molar-refractivity contribution in [2.45, 2.75) is 58.7 Å². The number of hydrogen-bond acceptors (Lipinski definition) is 6. The van der Waals surface area contributed by atoms with E-state index in [0.29, 0.717) is 18.2 Å². The Morgan fingerprint density at radius 3 is 2.39 bits per heavy atom. The Labute approximate surface area is 244 Å². The maximum absolute atomic E-state index is 13.7. The van der Waals surface area contributed by atoms with Gasteiger partial charge in [-0.05, 0) is 73.4 Å². The van der Waals surface area contributed by atoms with Crippen molar-refractivity contribution in [2.75, 3.05) is 58.0 Å². The van der Waals surface area contributed by atoms with Gasteiger partial charge in [-0.15, -0.1) is 0 Å². The minimum absolute atomic E-state index is 0.0270. The van der Waals surface area contributed by atoms with Gasteiger partial charge in [-0.3, -0.25) is 14.5 Å². The molecule has 2 amide bonds. The molecule has 222 valence electrons. The number of piperidine rings is 1. The van der Waals surface area contributed by atoms with Crippen LogP contribution in [0.5, 0.6) is 0 Å². The van der Waals surface area contributed by atoms with Crippen LogP contribution >= 0.6 is 0 Å². The van der Waals surface area contributed by atoms with E-state index in [2.05, 4.69) is 64.7 Å². The zero-order valence-electron chi connectivity index (χ0n) is 25.1. The van der Waals surface area contributed by atoms with Gasteiger partial charge in [0.15, 0.2) is 0 Å². The normalized spacial score (nSPS) is 24.1. The highest BCUT2D eigenvalue weighted by molar-refractivity contribution is 5.99. The summed E-state index contributed by atoms with van der Waals surface area (Å²) in [5.74, 6) is -0.104. The van der Waals surface area contributed by atoms with Crippen LogP contribution in [0.25, 0.3) is 11.1 Å². The lowest BCUT2D eigenvalue weighted by molar-refractivity contribution is -0.129. The van der Waals surface area contributed by atoms with E-state index in [4.69, 9.17) is 9.47 Å². The molecule has 0 saturated carbocycles. The average molecular weight is 563 g/mol. The van der Waals surface area contributed by atoms with E-state index < -0.39 is 0 Å². The Morgan fingerprint density at radius 1 is 1.02 bits per heavy atom. The van der Waals surface area contributed by atoms with E-state index in [0.717, 1.165) is 87.7 Å². The summed E-state index contributed by atoms with van der Waals surface area (Å²) in [5, 5.41) is 6.15. The lowest BCUT2D eigenvalue weighted by atomic mass is 9.84. The quantitative estimate of drug-likeness (QED) is 0.506. The van der Waals surface area contributed by atoms with Crippen molar-refractivity contribution in [3.8, 4) is 11.1 Å². The van der Waals surface area contributed by atoms with Crippen LogP contribution in [-0.4, -0.2) is 81.9 Å². The van der Waals surface area contributed by atoms with Gasteiger partial charge in [0.2, 0.25) is 5.91 Å². The maximum Gasteiger partial charge on any atom is 0.251 e. The van der Waals surface area contributed by atoms with E-state index in [1.807, 2.05) is 19.9 Å². The Balaban J connectivity index is 1.40. The number of carbonyl (C=O) groups is 2. The molecule has 3 aliphatic heterocycles. The molecule has 3 unspecified atom stereocenters. The summed E-state index contributed by atoms with van der Waals surface area (Å²) < 4.78 is 11.1. The van der Waals surface area contributed by atoms with Gasteiger partial charge >= 0.3 is 0 Å². The van der Waals surface area contributed by atoms with Crippen LogP contribution in [0.15, 0.2) is 36.4 Å². The predicted octanol–water partition coefficient (Wildman–Crippen LogP) is 4.00. The van der Waals surface area contributed by atoms with Crippen LogP contribution in [0.1, 0.15) is 54.6 Å². The molecule has 0 aromatic heterocycles. The van der Waals surface area contributed by atoms with Crippen LogP contribution in [0, 0.1) is 18.8 Å². The van der Waals surface area contributed by atoms with Crippen molar-refractivity contribution in [3.63, 3.8) is 0 Å². The molecule has 3 heterocycles. The molecule has 41 heavy (non-hydrogen) atoms. The Kier molecular flexibility index (Phi) is 9.63. The number of rotatable bonds is 8. The molecule has 0 aliphatic carbocycles. The molecule has 8 heteroatoms. The van der Waals surface area contributed by atoms with E-state index in [1.54, 1.807) is 0 Å². The summed E-state index contributed by atoms with van der Waals surface area (Å²) in [4.78, 5) is 31.1. The molecule has 3 saturated heterocycles. The van der Waals surface area contributed by atoms with Crippen LogP contribution in [-0.2, 0) is 20.8 Å². The Bertz CT molecular complexity index is 1200. The predicted molar refractivity (Wildman–Crippen MR) is 162 cm³/mol. The lowest BCUT2D eigenvalue weighted by Crippen LogP contribution is -2.50. The smallest absolute Gasteiger partial charge is 0.251 e. The van der Waals surface area contributed by atoms with Gasteiger partial charge in [0.25, 0.3) is 5.91 Å². The second-order valence-electron chi connectivity index (χ2n) is 12.1. The summed E-state index contributed by atoms with van der Waals surface area (Å²) >= 11 is 0. The van der Waals surface area contributed by atoms with Crippen molar-refractivity contribution in [2.24, 2.45) is 11.8 Å². The summed E-state index contributed by atoms with van der Waals surface area (Å²) in [5.41, 5.74) is 6.06. The summed E-state index contributed by atoms with van der Waals surface area (Å²) in [7, 11) is 2.13. The molecule has 0 radical (unpaired) electrons. The van der Waals surface area contributed by atoms with Gasteiger partial charge in [-0.1, -0.05) is 31.2 Å². The molecular formula is C33H46N4O4. The van der Waals surface area contributed by atoms with Gasteiger partial charge in [-0.2, -0.15) is 0 Å². The van der Waals surface area contributed by atoms with Gasteiger partial charge < -0.3 is 25.0 Å². The first-order chi connectivity index (χ1) is 19.8. The number of nitrogens with one attached hydrogen (secondary N) is 2. The second-order valence-corrected chi connectivity index (χ2v) is 12.1. The lowest BCUT2D eigenvalue weighted by Gasteiger charge is -2.35. The fourth-order valence-corrected chi connectivity index (χ4v) is 6.54. The van der Waals surface area contributed by atoms with E-state index in [-0.39, 0.29) is 29.7 Å². The largest absolute Gasteiger partial charge is 0.381 e. The fourth-order valence-electron chi connectivity index (χ4n) is 6.54. The zero-order chi connectivity index (χ0) is 28.9.